The quantitative estimate of drug-likeness (QED) is 0.647. The van der Waals surface area contributed by atoms with E-state index < -0.39 is 0 Å². The van der Waals surface area contributed by atoms with E-state index in [1.165, 1.54) is 11.1 Å². The van der Waals surface area contributed by atoms with Gasteiger partial charge in [-0.25, -0.2) is 4.79 Å². The number of pyridine rings is 1. The van der Waals surface area contributed by atoms with Crippen molar-refractivity contribution < 1.29 is 9.53 Å². The average Bonchev–Trinajstić information content (AvgIpc) is 3.23. The molecule has 5 heteroatoms. The lowest BCUT2D eigenvalue weighted by Crippen LogP contribution is -2.39. The van der Waals surface area contributed by atoms with Crippen LogP contribution in [0.4, 0.5) is 4.79 Å². The van der Waals surface area contributed by atoms with Crippen LogP contribution in [0.5, 0.6) is 5.75 Å². The Hall–Kier alpha value is -3.34. The fourth-order valence-electron chi connectivity index (χ4n) is 3.59. The summed E-state index contributed by atoms with van der Waals surface area (Å²) in [7, 11) is 0. The van der Waals surface area contributed by atoms with Crippen LogP contribution in [-0.4, -0.2) is 24.2 Å². The molecule has 3 aromatic rings. The number of urea groups is 1. The molecular formula is C24H25N3O2. The summed E-state index contributed by atoms with van der Waals surface area (Å²) >= 11 is 0. The van der Waals surface area contributed by atoms with Crippen molar-refractivity contribution in [3.05, 3.63) is 95.3 Å². The van der Waals surface area contributed by atoms with Crippen LogP contribution in [0.2, 0.25) is 0 Å². The molecule has 148 valence electrons. The highest BCUT2D eigenvalue weighted by atomic mass is 16.5. The van der Waals surface area contributed by atoms with Gasteiger partial charge in [0.2, 0.25) is 0 Å². The lowest BCUT2D eigenvalue weighted by atomic mass is 10.0. The van der Waals surface area contributed by atoms with Gasteiger partial charge in [-0.1, -0.05) is 48.5 Å². The lowest BCUT2D eigenvalue weighted by Gasteiger charge is -2.19. The Labute approximate surface area is 171 Å². The van der Waals surface area contributed by atoms with Gasteiger partial charge in [0, 0.05) is 31.3 Å². The number of ether oxygens (including phenoxy) is 1. The molecule has 2 aromatic carbocycles. The van der Waals surface area contributed by atoms with Crippen molar-refractivity contribution in [2.75, 3.05) is 13.2 Å². The number of rotatable bonds is 7. The zero-order chi connectivity index (χ0) is 19.9. The summed E-state index contributed by atoms with van der Waals surface area (Å²) in [5, 5.41) is 6.08. The second-order valence-corrected chi connectivity index (χ2v) is 7.18. The minimum Gasteiger partial charge on any atom is -0.493 e. The molecule has 1 aliphatic rings. The van der Waals surface area contributed by atoms with E-state index in [4.69, 9.17) is 4.74 Å². The van der Waals surface area contributed by atoms with Gasteiger partial charge >= 0.3 is 6.03 Å². The van der Waals surface area contributed by atoms with E-state index in [1.807, 2.05) is 54.6 Å². The van der Waals surface area contributed by atoms with Crippen LogP contribution in [-0.2, 0) is 19.3 Å². The van der Waals surface area contributed by atoms with Gasteiger partial charge in [-0.05, 0) is 41.3 Å². The highest BCUT2D eigenvalue weighted by Gasteiger charge is 2.16. The van der Waals surface area contributed by atoms with Crippen LogP contribution in [0.3, 0.4) is 0 Å². The predicted molar refractivity (Wildman–Crippen MR) is 113 cm³/mol. The number of benzene rings is 2. The van der Waals surface area contributed by atoms with E-state index in [-0.39, 0.29) is 12.1 Å². The maximum Gasteiger partial charge on any atom is 0.315 e. The van der Waals surface area contributed by atoms with Gasteiger partial charge in [0.15, 0.2) is 0 Å². The Morgan fingerprint density at radius 3 is 2.76 bits per heavy atom. The van der Waals surface area contributed by atoms with Crippen LogP contribution in [0.25, 0.3) is 0 Å². The number of carbonyl (C=O) groups is 1. The molecule has 0 fully saturated rings. The normalized spacial score (nSPS) is 13.2. The Balaban J connectivity index is 1.34. The number of aromatic nitrogens is 1. The summed E-state index contributed by atoms with van der Waals surface area (Å²) in [4.78, 5) is 16.9. The van der Waals surface area contributed by atoms with Crippen LogP contribution in [0.1, 0.15) is 28.4 Å². The maximum absolute atomic E-state index is 12.5. The Kier molecular flexibility index (Phi) is 6.05. The van der Waals surface area contributed by atoms with Gasteiger partial charge < -0.3 is 15.4 Å². The number of nitrogens with zero attached hydrogens (tertiary/aromatic N) is 1. The van der Waals surface area contributed by atoms with E-state index in [2.05, 4.69) is 27.8 Å². The van der Waals surface area contributed by atoms with Gasteiger partial charge in [0.1, 0.15) is 5.75 Å². The Morgan fingerprint density at radius 2 is 1.93 bits per heavy atom. The van der Waals surface area contributed by atoms with Crippen LogP contribution in [0, 0.1) is 0 Å². The molecule has 5 nitrogen and oxygen atoms in total. The molecule has 0 saturated heterocycles. The molecule has 1 aliphatic heterocycles. The van der Waals surface area contributed by atoms with Crippen molar-refractivity contribution in [2.45, 2.75) is 25.3 Å². The van der Waals surface area contributed by atoms with Crippen molar-refractivity contribution in [3.63, 3.8) is 0 Å². The molecule has 0 saturated carbocycles. The number of fused-ring (bicyclic) bond motifs is 1. The third-order valence-electron chi connectivity index (χ3n) is 5.10. The van der Waals surface area contributed by atoms with Crippen LogP contribution < -0.4 is 15.4 Å². The first kappa shape index (κ1) is 19.0. The molecular weight excluding hydrogens is 362 g/mol. The summed E-state index contributed by atoms with van der Waals surface area (Å²) in [5.74, 6) is 0.986. The molecule has 2 N–H and O–H groups in total. The average molecular weight is 387 g/mol. The summed E-state index contributed by atoms with van der Waals surface area (Å²) in [6.07, 6.45) is 4.17. The molecule has 1 aromatic heterocycles. The second-order valence-electron chi connectivity index (χ2n) is 7.18. The number of hydrogen-bond donors (Lipinski definition) is 2. The van der Waals surface area contributed by atoms with E-state index in [9.17, 15) is 4.79 Å². The second kappa shape index (κ2) is 9.24. The van der Waals surface area contributed by atoms with Crippen molar-refractivity contribution in [2.24, 2.45) is 0 Å². The summed E-state index contributed by atoms with van der Waals surface area (Å²) in [6, 6.07) is 21.8. The minimum absolute atomic E-state index is 0.136. The van der Waals surface area contributed by atoms with E-state index >= 15 is 0 Å². The van der Waals surface area contributed by atoms with Gasteiger partial charge in [-0.3, -0.25) is 4.98 Å². The molecule has 4 rings (SSSR count). The monoisotopic (exact) mass is 387 g/mol. The number of carbonyl (C=O) groups excluding carboxylic acids is 1. The molecule has 0 radical (unpaired) electrons. The summed E-state index contributed by atoms with van der Waals surface area (Å²) in [5.41, 5.74) is 4.48. The highest BCUT2D eigenvalue weighted by Crippen LogP contribution is 2.25. The number of amides is 2. The summed E-state index contributed by atoms with van der Waals surface area (Å²) < 4.78 is 5.55. The van der Waals surface area contributed by atoms with Gasteiger partial charge in [0.25, 0.3) is 0 Å². The first-order valence-corrected chi connectivity index (χ1v) is 10.0. The molecule has 0 unspecified atom stereocenters. The number of nitrogens with one attached hydrogen (secondary N) is 2. The largest absolute Gasteiger partial charge is 0.493 e. The molecule has 0 aliphatic carbocycles. The van der Waals surface area contributed by atoms with Gasteiger partial charge in [-0.15, -0.1) is 0 Å². The molecule has 0 spiro atoms. The topological polar surface area (TPSA) is 63.2 Å². The predicted octanol–water partition coefficient (Wildman–Crippen LogP) is 3.84. The van der Waals surface area contributed by atoms with Crippen LogP contribution >= 0.6 is 0 Å². The highest BCUT2D eigenvalue weighted by molar-refractivity contribution is 5.74. The Bertz CT molecular complexity index is 945. The van der Waals surface area contributed by atoms with Crippen molar-refractivity contribution >= 4 is 6.03 Å². The summed E-state index contributed by atoms with van der Waals surface area (Å²) in [6.45, 7) is 1.34. The zero-order valence-corrected chi connectivity index (χ0v) is 16.3. The maximum atomic E-state index is 12.5. The molecule has 2 heterocycles. The lowest BCUT2D eigenvalue weighted by molar-refractivity contribution is 0.237. The third-order valence-corrected chi connectivity index (χ3v) is 5.10. The zero-order valence-electron chi connectivity index (χ0n) is 16.3. The van der Waals surface area contributed by atoms with E-state index in [0.29, 0.717) is 13.0 Å². The standard InChI is InChI=1S/C24H25N3O2/c28-24(26-14-11-18-9-10-23-20(16-18)12-15-29-23)27-22(19-6-2-1-3-7-19)17-21-8-4-5-13-25-21/h1-10,13,16,22H,11-12,14-15,17H2,(H2,26,27,28)/t22-/m1/s1. The van der Waals surface area contributed by atoms with Gasteiger partial charge in [0.05, 0.1) is 12.6 Å². The van der Waals surface area contributed by atoms with Crippen molar-refractivity contribution in [1.29, 1.82) is 0 Å². The van der Waals surface area contributed by atoms with Crippen molar-refractivity contribution in [3.8, 4) is 5.75 Å². The van der Waals surface area contributed by atoms with E-state index in [1.54, 1.807) is 6.20 Å². The Morgan fingerprint density at radius 1 is 1.07 bits per heavy atom. The molecule has 2 amide bonds. The molecule has 1 atom stereocenters. The third kappa shape index (κ3) is 5.13. The minimum atomic E-state index is -0.167. The fraction of sp³-hybridized carbons (Fsp3) is 0.250. The van der Waals surface area contributed by atoms with Gasteiger partial charge in [-0.2, -0.15) is 0 Å². The molecule has 0 bridgehead atoms. The van der Waals surface area contributed by atoms with Crippen molar-refractivity contribution in [1.82, 2.24) is 15.6 Å². The number of hydrogen-bond acceptors (Lipinski definition) is 3. The SMILES string of the molecule is O=C(NCCc1ccc2c(c1)CCO2)N[C@H](Cc1ccccn1)c1ccccc1. The first-order chi connectivity index (χ1) is 14.3. The molecule has 29 heavy (non-hydrogen) atoms. The smallest absolute Gasteiger partial charge is 0.315 e. The van der Waals surface area contributed by atoms with Crippen LogP contribution in [0.15, 0.2) is 72.9 Å². The van der Waals surface area contributed by atoms with E-state index in [0.717, 1.165) is 36.5 Å². The fourth-order valence-corrected chi connectivity index (χ4v) is 3.59. The first-order valence-electron chi connectivity index (χ1n) is 10.0.